The van der Waals surface area contributed by atoms with Gasteiger partial charge in [-0.25, -0.2) is 4.99 Å². The highest BCUT2D eigenvalue weighted by Gasteiger charge is 2.28. The molecule has 0 amide bonds. The van der Waals surface area contributed by atoms with Gasteiger partial charge in [0.1, 0.15) is 5.75 Å². The van der Waals surface area contributed by atoms with Crippen molar-refractivity contribution in [3.8, 4) is 5.75 Å². The first-order valence-corrected chi connectivity index (χ1v) is 8.16. The van der Waals surface area contributed by atoms with Gasteiger partial charge in [0.15, 0.2) is 5.96 Å². The zero-order valence-electron chi connectivity index (χ0n) is 15.2. The predicted molar refractivity (Wildman–Crippen MR) is 94.1 cm³/mol. The van der Waals surface area contributed by atoms with Gasteiger partial charge in [-0.05, 0) is 32.5 Å². The summed E-state index contributed by atoms with van der Waals surface area (Å²) in [5.74, 6) is 1.33. The van der Waals surface area contributed by atoms with Crippen LogP contribution in [0, 0.1) is 6.92 Å². The van der Waals surface area contributed by atoms with Crippen LogP contribution in [0.25, 0.3) is 0 Å². The van der Waals surface area contributed by atoms with E-state index in [1.54, 1.807) is 7.11 Å². The molecule has 0 saturated carbocycles. The quantitative estimate of drug-likeness (QED) is 0.553. The zero-order valence-corrected chi connectivity index (χ0v) is 15.2. The number of aliphatic imine (C=N–C) groups is 1. The number of nitrogens with one attached hydrogen (secondary N) is 2. The Hall–Kier alpha value is -1.96. The zero-order chi connectivity index (χ0) is 18.9. The number of alkyl halides is 3. The molecule has 0 aliphatic carbocycles. The third-order valence-electron chi connectivity index (χ3n) is 3.43. The van der Waals surface area contributed by atoms with E-state index in [4.69, 9.17) is 4.74 Å². The van der Waals surface area contributed by atoms with E-state index in [1.807, 2.05) is 32.0 Å². The fourth-order valence-corrected chi connectivity index (χ4v) is 2.24. The minimum atomic E-state index is -4.19. The van der Waals surface area contributed by atoms with Crippen LogP contribution in [0.3, 0.4) is 0 Å². The van der Waals surface area contributed by atoms with Crippen LogP contribution < -0.4 is 15.4 Å². The molecule has 25 heavy (non-hydrogen) atoms. The number of hydrogen-bond donors (Lipinski definition) is 2. The molecule has 142 valence electrons. The summed E-state index contributed by atoms with van der Waals surface area (Å²) >= 11 is 0. The van der Waals surface area contributed by atoms with E-state index in [2.05, 4.69) is 15.6 Å². The SMILES string of the molecule is CCNC(=NCc1ccc(C)cc1OC)NCCN(C)CC(F)(F)F. The summed E-state index contributed by atoms with van der Waals surface area (Å²) in [5.41, 5.74) is 2.04. The van der Waals surface area contributed by atoms with Gasteiger partial charge in [-0.1, -0.05) is 12.1 Å². The lowest BCUT2D eigenvalue weighted by Crippen LogP contribution is -2.42. The van der Waals surface area contributed by atoms with Gasteiger partial charge in [0.05, 0.1) is 20.2 Å². The van der Waals surface area contributed by atoms with Crippen LogP contribution in [-0.4, -0.2) is 57.4 Å². The molecule has 2 N–H and O–H groups in total. The summed E-state index contributed by atoms with van der Waals surface area (Å²) < 4.78 is 42.3. The molecular formula is C17H27F3N4O. The minimum absolute atomic E-state index is 0.262. The van der Waals surface area contributed by atoms with Crippen molar-refractivity contribution < 1.29 is 17.9 Å². The molecular weight excluding hydrogens is 333 g/mol. The van der Waals surface area contributed by atoms with E-state index in [1.165, 1.54) is 11.9 Å². The maximum atomic E-state index is 12.3. The fraction of sp³-hybridized carbons (Fsp3) is 0.588. The third kappa shape index (κ3) is 8.62. The van der Waals surface area contributed by atoms with Crippen molar-refractivity contribution in [1.82, 2.24) is 15.5 Å². The van der Waals surface area contributed by atoms with Crippen molar-refractivity contribution in [2.45, 2.75) is 26.6 Å². The van der Waals surface area contributed by atoms with Crippen molar-refractivity contribution >= 4 is 5.96 Å². The molecule has 8 heteroatoms. The molecule has 0 aliphatic rings. The summed E-state index contributed by atoms with van der Waals surface area (Å²) in [4.78, 5) is 5.69. The van der Waals surface area contributed by atoms with E-state index in [0.29, 0.717) is 25.6 Å². The average molecular weight is 360 g/mol. The lowest BCUT2D eigenvalue weighted by atomic mass is 10.1. The van der Waals surface area contributed by atoms with E-state index in [-0.39, 0.29) is 6.54 Å². The largest absolute Gasteiger partial charge is 0.496 e. The van der Waals surface area contributed by atoms with Crippen LogP contribution in [0.15, 0.2) is 23.2 Å². The number of methoxy groups -OCH3 is 1. The molecule has 0 aromatic heterocycles. The minimum Gasteiger partial charge on any atom is -0.496 e. The topological polar surface area (TPSA) is 48.9 Å². The highest BCUT2D eigenvalue weighted by Crippen LogP contribution is 2.20. The second kappa shape index (κ2) is 10.1. The van der Waals surface area contributed by atoms with E-state index in [9.17, 15) is 13.2 Å². The van der Waals surface area contributed by atoms with E-state index < -0.39 is 12.7 Å². The Morgan fingerprint density at radius 2 is 2.00 bits per heavy atom. The Balaban J connectivity index is 2.60. The highest BCUT2D eigenvalue weighted by atomic mass is 19.4. The van der Waals surface area contributed by atoms with Gasteiger partial charge in [-0.2, -0.15) is 13.2 Å². The Morgan fingerprint density at radius 1 is 1.28 bits per heavy atom. The van der Waals surface area contributed by atoms with Gasteiger partial charge in [-0.15, -0.1) is 0 Å². The summed E-state index contributed by atoms with van der Waals surface area (Å²) in [5, 5.41) is 6.13. The molecule has 0 atom stereocenters. The van der Waals surface area contributed by atoms with Crippen LogP contribution in [0.4, 0.5) is 13.2 Å². The summed E-state index contributed by atoms with van der Waals surface area (Å²) in [6.45, 7) is 4.69. The molecule has 0 heterocycles. The fourth-order valence-electron chi connectivity index (χ4n) is 2.24. The number of ether oxygens (including phenoxy) is 1. The maximum Gasteiger partial charge on any atom is 0.401 e. The first kappa shape index (κ1) is 21.1. The van der Waals surface area contributed by atoms with Gasteiger partial charge in [-0.3, -0.25) is 4.90 Å². The molecule has 1 aromatic carbocycles. The number of nitrogens with zero attached hydrogens (tertiary/aromatic N) is 2. The number of aryl methyl sites for hydroxylation is 1. The predicted octanol–water partition coefficient (Wildman–Crippen LogP) is 2.55. The van der Waals surface area contributed by atoms with Crippen LogP contribution in [0.2, 0.25) is 0 Å². The summed E-state index contributed by atoms with van der Waals surface area (Å²) in [7, 11) is 3.05. The molecule has 1 rings (SSSR count). The molecule has 0 spiro atoms. The van der Waals surface area contributed by atoms with Crippen LogP contribution in [0.5, 0.6) is 5.75 Å². The Bertz CT molecular complexity index is 561. The van der Waals surface area contributed by atoms with Crippen molar-refractivity contribution in [2.24, 2.45) is 4.99 Å². The Labute approximate surface area is 147 Å². The molecule has 5 nitrogen and oxygen atoms in total. The third-order valence-corrected chi connectivity index (χ3v) is 3.43. The average Bonchev–Trinajstić information content (AvgIpc) is 2.51. The standard InChI is InChI=1S/C17H27F3N4O/c1-5-21-16(22-8-9-24(3)12-17(18,19)20)23-11-14-7-6-13(2)10-15(14)25-4/h6-7,10H,5,8-9,11-12H2,1-4H3,(H2,21,22,23). The molecule has 0 fully saturated rings. The normalized spacial score (nSPS) is 12.4. The van der Waals surface area contributed by atoms with Gasteiger partial charge in [0.25, 0.3) is 0 Å². The lowest BCUT2D eigenvalue weighted by molar-refractivity contribution is -0.142. The first-order valence-electron chi connectivity index (χ1n) is 8.16. The highest BCUT2D eigenvalue weighted by molar-refractivity contribution is 5.79. The molecule has 0 saturated heterocycles. The molecule has 0 aliphatic heterocycles. The van der Waals surface area contributed by atoms with Crippen molar-refractivity contribution in [3.05, 3.63) is 29.3 Å². The van der Waals surface area contributed by atoms with Gasteiger partial charge in [0.2, 0.25) is 0 Å². The molecule has 1 aromatic rings. The maximum absolute atomic E-state index is 12.3. The van der Waals surface area contributed by atoms with Gasteiger partial charge < -0.3 is 15.4 Å². The van der Waals surface area contributed by atoms with Crippen LogP contribution >= 0.6 is 0 Å². The van der Waals surface area contributed by atoms with Crippen molar-refractivity contribution in [2.75, 3.05) is 40.3 Å². The smallest absolute Gasteiger partial charge is 0.401 e. The van der Waals surface area contributed by atoms with Crippen molar-refractivity contribution in [1.29, 1.82) is 0 Å². The Morgan fingerprint density at radius 3 is 2.60 bits per heavy atom. The van der Waals surface area contributed by atoms with Crippen molar-refractivity contribution in [3.63, 3.8) is 0 Å². The van der Waals surface area contributed by atoms with Crippen LogP contribution in [-0.2, 0) is 6.54 Å². The lowest BCUT2D eigenvalue weighted by Gasteiger charge is -2.19. The number of guanidine groups is 1. The van der Waals surface area contributed by atoms with E-state index >= 15 is 0 Å². The number of rotatable bonds is 8. The number of hydrogen-bond acceptors (Lipinski definition) is 3. The first-order chi connectivity index (χ1) is 11.7. The van der Waals surface area contributed by atoms with Gasteiger partial charge >= 0.3 is 6.18 Å². The monoisotopic (exact) mass is 360 g/mol. The van der Waals surface area contributed by atoms with Crippen LogP contribution in [0.1, 0.15) is 18.1 Å². The molecule has 0 unspecified atom stereocenters. The van der Waals surface area contributed by atoms with Gasteiger partial charge in [0, 0.05) is 25.2 Å². The summed E-state index contributed by atoms with van der Waals surface area (Å²) in [6.07, 6.45) is -4.19. The summed E-state index contributed by atoms with van der Waals surface area (Å²) in [6, 6.07) is 5.88. The Kier molecular flexibility index (Phi) is 8.54. The number of likely N-dealkylation sites (N-methyl/N-ethyl adjacent to an activating group) is 1. The number of halogens is 3. The molecule has 0 bridgehead atoms. The number of benzene rings is 1. The molecule has 0 radical (unpaired) electrons. The second-order valence-electron chi connectivity index (χ2n) is 5.79. The van der Waals surface area contributed by atoms with E-state index in [0.717, 1.165) is 16.9 Å². The second-order valence-corrected chi connectivity index (χ2v) is 5.79.